The number of fused-ring (bicyclic) bond motifs is 6. The molecule has 5 heteroatoms. The van der Waals surface area contributed by atoms with Gasteiger partial charge >= 0.3 is 0 Å². The van der Waals surface area contributed by atoms with Crippen LogP contribution in [0.5, 0.6) is 0 Å². The number of nitrogens with zero attached hydrogens (tertiary/aromatic N) is 3. The van der Waals surface area contributed by atoms with Crippen LogP contribution in [0.4, 0.5) is 0 Å². The topological polar surface area (TPSA) is 51.8 Å². The van der Waals surface area contributed by atoms with Crippen LogP contribution in [-0.2, 0) is 0 Å². The maximum absolute atomic E-state index is 6.70. The molecule has 262 valence electrons. The van der Waals surface area contributed by atoms with Crippen molar-refractivity contribution in [3.63, 3.8) is 0 Å². The van der Waals surface area contributed by atoms with Crippen LogP contribution in [-0.4, -0.2) is 15.0 Å². The minimum atomic E-state index is 0.678. The van der Waals surface area contributed by atoms with Gasteiger partial charge < -0.3 is 4.42 Å². The number of hydrogen-bond donors (Lipinski definition) is 0. The van der Waals surface area contributed by atoms with Crippen molar-refractivity contribution in [2.45, 2.75) is 0 Å². The zero-order chi connectivity index (χ0) is 37.0. The summed E-state index contributed by atoms with van der Waals surface area (Å²) >= 11 is 1.84. The van der Waals surface area contributed by atoms with Gasteiger partial charge in [-0.15, -0.1) is 11.3 Å². The first-order valence-electron chi connectivity index (χ1n) is 18.7. The van der Waals surface area contributed by atoms with Gasteiger partial charge in [0.2, 0.25) is 0 Å². The molecule has 4 nitrogen and oxygen atoms in total. The second-order valence-electron chi connectivity index (χ2n) is 14.0. The third-order valence-corrected chi connectivity index (χ3v) is 11.8. The van der Waals surface area contributed by atoms with Gasteiger partial charge in [0.25, 0.3) is 0 Å². The Bertz CT molecular complexity index is 3220. The summed E-state index contributed by atoms with van der Waals surface area (Å²) in [6, 6.07) is 61.8. The van der Waals surface area contributed by atoms with Gasteiger partial charge in [-0.1, -0.05) is 127 Å². The molecule has 0 amide bonds. The van der Waals surface area contributed by atoms with Crippen LogP contribution in [0.15, 0.2) is 193 Å². The molecule has 0 aliphatic rings. The molecule has 7 aromatic carbocycles. The summed E-state index contributed by atoms with van der Waals surface area (Å²) in [4.78, 5) is 14.4. The molecule has 0 N–H and O–H groups in total. The van der Waals surface area contributed by atoms with E-state index in [1.165, 1.54) is 20.2 Å². The molecule has 0 saturated heterocycles. The third-order valence-electron chi connectivity index (χ3n) is 10.7. The number of rotatable bonds is 6. The lowest BCUT2D eigenvalue weighted by Crippen LogP contribution is -1.96. The average molecular weight is 734 g/mol. The molecule has 0 radical (unpaired) electrons. The highest BCUT2D eigenvalue weighted by Gasteiger charge is 2.19. The normalized spacial score (nSPS) is 11.6. The summed E-state index contributed by atoms with van der Waals surface area (Å²) in [5, 5.41) is 4.77. The molecule has 11 rings (SSSR count). The van der Waals surface area contributed by atoms with Crippen molar-refractivity contribution in [1.29, 1.82) is 0 Å². The molecule has 0 aliphatic heterocycles. The van der Waals surface area contributed by atoms with E-state index in [1.807, 2.05) is 60.1 Å². The molecule has 0 atom stereocenters. The molecule has 4 aromatic heterocycles. The first kappa shape index (κ1) is 32.2. The summed E-state index contributed by atoms with van der Waals surface area (Å²) in [6.07, 6.45) is 3.64. The van der Waals surface area contributed by atoms with E-state index >= 15 is 0 Å². The Labute approximate surface area is 327 Å². The molecule has 56 heavy (non-hydrogen) atoms. The maximum atomic E-state index is 6.70. The third kappa shape index (κ3) is 5.56. The number of thiophene rings is 1. The number of furan rings is 1. The maximum Gasteiger partial charge on any atom is 0.160 e. The first-order chi connectivity index (χ1) is 27.7. The summed E-state index contributed by atoms with van der Waals surface area (Å²) in [5.74, 6) is 0.678. The van der Waals surface area contributed by atoms with Gasteiger partial charge in [-0.05, 0) is 76.3 Å². The molecule has 0 unspecified atom stereocenters. The fourth-order valence-corrected chi connectivity index (χ4v) is 8.93. The van der Waals surface area contributed by atoms with Gasteiger partial charge in [0.15, 0.2) is 5.82 Å². The lowest BCUT2D eigenvalue weighted by Gasteiger charge is -2.11. The van der Waals surface area contributed by atoms with Crippen LogP contribution < -0.4 is 0 Å². The van der Waals surface area contributed by atoms with Crippen molar-refractivity contribution in [1.82, 2.24) is 15.0 Å². The highest BCUT2D eigenvalue weighted by molar-refractivity contribution is 7.25. The van der Waals surface area contributed by atoms with Crippen molar-refractivity contribution in [3.05, 3.63) is 188 Å². The SMILES string of the molecule is c1ccc(-c2cc(-c3ccc(-c4ccncc4)cc3)nc(-c3ccc(-c4ccc(-c5ccc6sc7ccccc7c6c5)c5oc6ccccc6c45)cc3)n2)cc1. The minimum Gasteiger partial charge on any atom is -0.455 e. The molecule has 4 heterocycles. The van der Waals surface area contributed by atoms with E-state index in [-0.39, 0.29) is 0 Å². The predicted molar refractivity (Wildman–Crippen MR) is 233 cm³/mol. The van der Waals surface area contributed by atoms with Crippen molar-refractivity contribution in [2.75, 3.05) is 0 Å². The largest absolute Gasteiger partial charge is 0.455 e. The van der Waals surface area contributed by atoms with Gasteiger partial charge in [-0.2, -0.15) is 0 Å². The smallest absolute Gasteiger partial charge is 0.160 e. The van der Waals surface area contributed by atoms with Gasteiger partial charge in [-0.25, -0.2) is 9.97 Å². The fraction of sp³-hybridized carbons (Fsp3) is 0. The zero-order valence-electron chi connectivity index (χ0n) is 30.1. The Balaban J connectivity index is 1.01. The van der Waals surface area contributed by atoms with Crippen LogP contribution in [0, 0.1) is 0 Å². The van der Waals surface area contributed by atoms with E-state index in [9.17, 15) is 0 Å². The van der Waals surface area contributed by atoms with Crippen LogP contribution >= 0.6 is 11.3 Å². The first-order valence-corrected chi connectivity index (χ1v) is 19.5. The summed E-state index contributed by atoms with van der Waals surface area (Å²) in [6.45, 7) is 0. The van der Waals surface area contributed by atoms with Gasteiger partial charge in [-0.3, -0.25) is 4.98 Å². The van der Waals surface area contributed by atoms with E-state index in [0.717, 1.165) is 83.4 Å². The van der Waals surface area contributed by atoms with E-state index < -0.39 is 0 Å². The Kier molecular flexibility index (Phi) is 7.64. The summed E-state index contributed by atoms with van der Waals surface area (Å²) < 4.78 is 9.29. The number of benzene rings is 7. The van der Waals surface area contributed by atoms with E-state index in [2.05, 4.69) is 145 Å². The van der Waals surface area contributed by atoms with Crippen LogP contribution in [0.25, 0.3) is 109 Å². The lowest BCUT2D eigenvalue weighted by molar-refractivity contribution is 0.670. The van der Waals surface area contributed by atoms with Crippen LogP contribution in [0.1, 0.15) is 0 Å². The number of hydrogen-bond acceptors (Lipinski definition) is 5. The van der Waals surface area contributed by atoms with Gasteiger partial charge in [0.05, 0.1) is 11.4 Å². The van der Waals surface area contributed by atoms with E-state index in [4.69, 9.17) is 14.4 Å². The van der Waals surface area contributed by atoms with Crippen molar-refractivity contribution in [2.24, 2.45) is 0 Å². The predicted octanol–water partition coefficient (Wildman–Crippen LogP) is 14.1. The number of aromatic nitrogens is 3. The Morgan fingerprint density at radius 3 is 1.79 bits per heavy atom. The summed E-state index contributed by atoms with van der Waals surface area (Å²) in [5.41, 5.74) is 13.3. The standard InChI is InChI=1S/C51H31N3OS/c1-2-8-35(9-3-1)44-31-45(36-18-14-32(15-19-36)33-26-28-52-29-27-33)54-51(53-44)37-20-16-34(17-21-37)39-23-24-40(50-49(39)42-11-4-6-12-46(42)55-50)38-22-25-48-43(30-38)41-10-5-7-13-47(41)56-48/h1-31H. The second-order valence-corrected chi connectivity index (χ2v) is 15.1. The number of pyridine rings is 1. The molecule has 0 spiro atoms. The highest BCUT2D eigenvalue weighted by Crippen LogP contribution is 2.44. The molecule has 0 fully saturated rings. The highest BCUT2D eigenvalue weighted by atomic mass is 32.1. The molecule has 0 aliphatic carbocycles. The van der Waals surface area contributed by atoms with Crippen molar-refractivity contribution in [3.8, 4) is 67.3 Å². The molecule has 0 saturated carbocycles. The molecular formula is C51H31N3OS. The van der Waals surface area contributed by atoms with Crippen LogP contribution in [0.2, 0.25) is 0 Å². The Hall–Kier alpha value is -7.21. The Morgan fingerprint density at radius 1 is 0.393 bits per heavy atom. The van der Waals surface area contributed by atoms with Gasteiger partial charge in [0.1, 0.15) is 11.2 Å². The van der Waals surface area contributed by atoms with Crippen LogP contribution in [0.3, 0.4) is 0 Å². The van der Waals surface area contributed by atoms with Crippen molar-refractivity contribution < 1.29 is 4.42 Å². The lowest BCUT2D eigenvalue weighted by atomic mass is 9.93. The molecule has 0 bridgehead atoms. The van der Waals surface area contributed by atoms with Gasteiger partial charge in [0, 0.05) is 65.6 Å². The Morgan fingerprint density at radius 2 is 0.982 bits per heavy atom. The fourth-order valence-electron chi connectivity index (χ4n) is 7.85. The average Bonchev–Trinajstić information content (AvgIpc) is 3.85. The zero-order valence-corrected chi connectivity index (χ0v) is 30.9. The number of para-hydroxylation sites is 1. The molecular weight excluding hydrogens is 703 g/mol. The van der Waals surface area contributed by atoms with Crippen molar-refractivity contribution >= 4 is 53.4 Å². The summed E-state index contributed by atoms with van der Waals surface area (Å²) in [7, 11) is 0. The quantitative estimate of drug-likeness (QED) is 0.171. The molecule has 11 aromatic rings. The minimum absolute atomic E-state index is 0.678. The second kappa shape index (κ2) is 13.3. The van der Waals surface area contributed by atoms with E-state index in [1.54, 1.807) is 0 Å². The van der Waals surface area contributed by atoms with E-state index in [0.29, 0.717) is 5.82 Å². The monoisotopic (exact) mass is 733 g/mol.